The molecule has 1 aliphatic carbocycles. The molecule has 0 radical (unpaired) electrons. The Balaban J connectivity index is 2.15. The normalized spacial score (nSPS) is 25.8. The Morgan fingerprint density at radius 3 is 1.33 bits per heavy atom. The van der Waals surface area contributed by atoms with Gasteiger partial charge in [0.25, 0.3) is 0 Å². The molecule has 4 atom stereocenters. The van der Waals surface area contributed by atoms with E-state index < -0.39 is 23.8 Å². The fraction of sp³-hybridized carbons (Fsp3) is 0.300. The summed E-state index contributed by atoms with van der Waals surface area (Å²) in [6, 6.07) is 15.3. The second-order valence-corrected chi connectivity index (χ2v) is 6.49. The fourth-order valence-corrected chi connectivity index (χ4v) is 4.06. The Morgan fingerprint density at radius 2 is 1.04 bits per heavy atom. The van der Waals surface area contributed by atoms with Crippen LogP contribution < -0.4 is 0 Å². The molecule has 1 saturated carbocycles. The van der Waals surface area contributed by atoms with Gasteiger partial charge < -0.3 is 10.2 Å². The van der Waals surface area contributed by atoms with Crippen LogP contribution in [-0.4, -0.2) is 22.2 Å². The van der Waals surface area contributed by atoms with E-state index in [1.165, 1.54) is 0 Å². The minimum absolute atomic E-state index is 0.328. The van der Waals surface area contributed by atoms with E-state index in [2.05, 4.69) is 0 Å². The molecule has 4 nitrogen and oxygen atoms in total. The summed E-state index contributed by atoms with van der Waals surface area (Å²) in [5.41, 5.74) is 3.85. The average molecular weight is 324 g/mol. The van der Waals surface area contributed by atoms with Gasteiger partial charge >= 0.3 is 11.9 Å². The monoisotopic (exact) mass is 324 g/mol. The molecule has 0 bridgehead atoms. The zero-order valence-corrected chi connectivity index (χ0v) is 13.6. The highest BCUT2D eigenvalue weighted by atomic mass is 16.4. The predicted octanol–water partition coefficient (Wildman–Crippen LogP) is 3.59. The molecule has 24 heavy (non-hydrogen) atoms. The van der Waals surface area contributed by atoms with Crippen molar-refractivity contribution in [2.24, 2.45) is 11.8 Å². The molecule has 1 fully saturated rings. The van der Waals surface area contributed by atoms with E-state index in [4.69, 9.17) is 0 Å². The van der Waals surface area contributed by atoms with Crippen molar-refractivity contribution in [3.8, 4) is 0 Å². The number of benzene rings is 2. The quantitative estimate of drug-likeness (QED) is 0.901. The van der Waals surface area contributed by atoms with Crippen LogP contribution in [0.25, 0.3) is 0 Å². The van der Waals surface area contributed by atoms with Crippen LogP contribution in [0.1, 0.15) is 34.1 Å². The summed E-state index contributed by atoms with van der Waals surface area (Å²) in [7, 11) is 0. The first-order valence-electron chi connectivity index (χ1n) is 8.00. The topological polar surface area (TPSA) is 74.6 Å². The van der Waals surface area contributed by atoms with Gasteiger partial charge in [0.15, 0.2) is 0 Å². The first-order chi connectivity index (χ1) is 11.4. The number of carboxylic acids is 2. The van der Waals surface area contributed by atoms with Crippen LogP contribution in [0.2, 0.25) is 0 Å². The molecule has 4 heteroatoms. The minimum atomic E-state index is -1.04. The molecule has 2 N–H and O–H groups in total. The van der Waals surface area contributed by atoms with Crippen molar-refractivity contribution in [2.75, 3.05) is 0 Å². The lowest BCUT2D eigenvalue weighted by atomic mass is 9.51. The van der Waals surface area contributed by atoms with Crippen LogP contribution in [0.3, 0.4) is 0 Å². The summed E-state index contributed by atoms with van der Waals surface area (Å²) in [4.78, 5) is 23.6. The maximum atomic E-state index is 11.8. The molecule has 0 aromatic heterocycles. The third-order valence-electron chi connectivity index (χ3n) is 5.21. The molecule has 0 saturated heterocycles. The molecular weight excluding hydrogens is 304 g/mol. The van der Waals surface area contributed by atoms with Crippen molar-refractivity contribution < 1.29 is 19.8 Å². The van der Waals surface area contributed by atoms with E-state index in [0.717, 1.165) is 22.3 Å². The second kappa shape index (κ2) is 6.11. The Morgan fingerprint density at radius 1 is 0.708 bits per heavy atom. The van der Waals surface area contributed by atoms with Crippen molar-refractivity contribution in [1.82, 2.24) is 0 Å². The maximum Gasteiger partial charge on any atom is 0.308 e. The number of carboxylic acid groups (broad SMARTS) is 2. The third kappa shape index (κ3) is 2.48. The van der Waals surface area contributed by atoms with E-state index in [9.17, 15) is 19.8 Å². The van der Waals surface area contributed by atoms with E-state index in [0.29, 0.717) is 0 Å². The van der Waals surface area contributed by atoms with Gasteiger partial charge in [0.1, 0.15) is 0 Å². The zero-order valence-electron chi connectivity index (χ0n) is 13.6. The van der Waals surface area contributed by atoms with E-state index in [1.807, 2.05) is 62.4 Å². The summed E-state index contributed by atoms with van der Waals surface area (Å²) in [6.07, 6.45) is 0. The van der Waals surface area contributed by atoms with Crippen molar-refractivity contribution in [1.29, 1.82) is 0 Å². The Labute approximate surface area is 140 Å². The first-order valence-corrected chi connectivity index (χ1v) is 8.00. The number of hydrogen-bond donors (Lipinski definition) is 2. The molecule has 3 rings (SSSR count). The molecule has 2 aromatic rings. The number of carbonyl (C=O) groups is 2. The Hall–Kier alpha value is -2.62. The van der Waals surface area contributed by atoms with Crippen molar-refractivity contribution >= 4 is 11.9 Å². The summed E-state index contributed by atoms with van der Waals surface area (Å²) in [6.45, 7) is 3.88. The van der Waals surface area contributed by atoms with E-state index >= 15 is 0 Å². The van der Waals surface area contributed by atoms with E-state index in [-0.39, 0.29) is 11.8 Å². The molecule has 1 aliphatic rings. The number of rotatable bonds is 4. The van der Waals surface area contributed by atoms with Crippen LogP contribution in [-0.2, 0) is 9.59 Å². The second-order valence-electron chi connectivity index (χ2n) is 6.49. The smallest absolute Gasteiger partial charge is 0.308 e. The van der Waals surface area contributed by atoms with Gasteiger partial charge in [-0.25, -0.2) is 0 Å². The molecule has 0 spiro atoms. The van der Waals surface area contributed by atoms with Gasteiger partial charge in [-0.05, 0) is 36.1 Å². The van der Waals surface area contributed by atoms with E-state index in [1.54, 1.807) is 0 Å². The summed E-state index contributed by atoms with van der Waals surface area (Å²) < 4.78 is 0. The number of aliphatic carboxylic acids is 2. The first kappa shape index (κ1) is 16.2. The number of aryl methyl sites for hydroxylation is 2. The average Bonchev–Trinajstić information content (AvgIpc) is 2.49. The summed E-state index contributed by atoms with van der Waals surface area (Å²) in [5, 5.41) is 19.3. The largest absolute Gasteiger partial charge is 0.481 e. The van der Waals surface area contributed by atoms with Crippen LogP contribution in [0, 0.1) is 25.7 Å². The predicted molar refractivity (Wildman–Crippen MR) is 90.1 cm³/mol. The Bertz CT molecular complexity index is 728. The van der Waals surface area contributed by atoms with Gasteiger partial charge in [0, 0.05) is 11.8 Å². The van der Waals surface area contributed by atoms with Gasteiger partial charge in [-0.2, -0.15) is 0 Å². The summed E-state index contributed by atoms with van der Waals surface area (Å²) in [5.74, 6) is -4.56. The minimum Gasteiger partial charge on any atom is -0.481 e. The van der Waals surface area contributed by atoms with Crippen LogP contribution >= 0.6 is 0 Å². The van der Waals surface area contributed by atoms with Crippen molar-refractivity contribution in [2.45, 2.75) is 25.7 Å². The summed E-state index contributed by atoms with van der Waals surface area (Å²) >= 11 is 0. The lowest BCUT2D eigenvalue weighted by Gasteiger charge is -2.49. The third-order valence-corrected chi connectivity index (χ3v) is 5.21. The highest BCUT2D eigenvalue weighted by Gasteiger charge is 2.59. The lowest BCUT2D eigenvalue weighted by molar-refractivity contribution is -0.164. The Kier molecular flexibility index (Phi) is 4.14. The molecule has 0 aliphatic heterocycles. The number of hydrogen-bond acceptors (Lipinski definition) is 2. The molecule has 0 unspecified atom stereocenters. The highest BCUT2D eigenvalue weighted by molar-refractivity contribution is 5.85. The SMILES string of the molecule is Cc1ccccc1[C@@H]1[C@@H](C(=O)O)[C@H](C(=O)O)[C@H]1c1ccccc1C. The molecule has 2 aromatic carbocycles. The van der Waals surface area contributed by atoms with Gasteiger partial charge in [-0.3, -0.25) is 9.59 Å². The maximum absolute atomic E-state index is 11.8. The van der Waals surface area contributed by atoms with Crippen molar-refractivity contribution in [3.05, 3.63) is 70.8 Å². The fourth-order valence-electron chi connectivity index (χ4n) is 4.06. The zero-order chi connectivity index (χ0) is 17.4. The van der Waals surface area contributed by atoms with Crippen LogP contribution in [0.4, 0.5) is 0 Å². The molecule has 0 amide bonds. The molecular formula is C20H20O4. The van der Waals surface area contributed by atoms with Gasteiger partial charge in [-0.1, -0.05) is 48.5 Å². The van der Waals surface area contributed by atoms with Crippen molar-refractivity contribution in [3.63, 3.8) is 0 Å². The molecule has 0 heterocycles. The molecule has 124 valence electrons. The van der Waals surface area contributed by atoms with Gasteiger partial charge in [0.2, 0.25) is 0 Å². The van der Waals surface area contributed by atoms with Crippen LogP contribution in [0.5, 0.6) is 0 Å². The van der Waals surface area contributed by atoms with Crippen LogP contribution in [0.15, 0.2) is 48.5 Å². The lowest BCUT2D eigenvalue weighted by Crippen LogP contribution is -2.51. The van der Waals surface area contributed by atoms with Gasteiger partial charge in [-0.15, -0.1) is 0 Å². The standard InChI is InChI=1S/C20H20O4/c1-11-7-3-5-9-13(11)15-16(14-10-6-4-8-12(14)2)18(20(23)24)17(15)19(21)22/h3-10,15-18H,1-2H3,(H,21,22)(H,23,24)/t15-,16-,17+,18+/m0/s1. The van der Waals surface area contributed by atoms with Gasteiger partial charge in [0.05, 0.1) is 11.8 Å². The highest BCUT2D eigenvalue weighted by Crippen LogP contribution is 2.58.